The Labute approximate surface area is 573 Å². The Balaban J connectivity index is 0.721. The summed E-state index contributed by atoms with van der Waals surface area (Å²) in [5, 5.41) is 2.98. The quantitative estimate of drug-likeness (QED) is 0.155. The first-order valence-corrected chi connectivity index (χ1v) is 36.2. The van der Waals surface area contributed by atoms with Crippen molar-refractivity contribution in [3.05, 3.63) is 355 Å². The van der Waals surface area contributed by atoms with Gasteiger partial charge in [0.15, 0.2) is 10.9 Å². The van der Waals surface area contributed by atoms with Gasteiger partial charge in [0.05, 0.1) is 33.6 Å². The van der Waals surface area contributed by atoms with E-state index in [0.717, 1.165) is 96.7 Å². The Morgan fingerprint density at radius 2 is 0.656 bits per heavy atom. The van der Waals surface area contributed by atoms with Crippen molar-refractivity contribution in [1.82, 2.24) is 0 Å². The van der Waals surface area contributed by atoms with Crippen LogP contribution in [0, 0.1) is 0 Å². The van der Waals surface area contributed by atoms with Crippen LogP contribution in [-0.2, 0) is 10.8 Å². The fraction of sp³-hybridized carbons (Fsp3) is 0.0909. The van der Waals surface area contributed by atoms with E-state index in [-0.39, 0.29) is 10.9 Å². The molecule has 0 saturated heterocycles. The fourth-order valence-corrected chi connectivity index (χ4v) is 20.9. The van der Waals surface area contributed by atoms with Crippen molar-refractivity contribution in [3.63, 3.8) is 0 Å². The number of anilines is 6. The molecule has 0 saturated carbocycles. The molecule has 0 bridgehead atoms. The second-order valence-corrected chi connectivity index (χ2v) is 30.8. The van der Waals surface area contributed by atoms with Gasteiger partial charge in [-0.05, 0) is 205 Å². The molecule has 96 heavy (non-hydrogen) atoms. The van der Waals surface area contributed by atoms with Crippen LogP contribution in [0.5, 0.6) is 0 Å². The van der Waals surface area contributed by atoms with Crippen LogP contribution < -0.4 is 20.7 Å². The lowest BCUT2D eigenvalue weighted by molar-refractivity contribution is 0.687. The summed E-state index contributed by atoms with van der Waals surface area (Å²) in [4.78, 5) is 38.4. The van der Waals surface area contributed by atoms with Gasteiger partial charge in [0.2, 0.25) is 0 Å². The molecule has 458 valence electrons. The molecule has 2 spiro atoms. The Kier molecular flexibility index (Phi) is 13.0. The highest BCUT2D eigenvalue weighted by Gasteiger charge is 2.52. The highest BCUT2D eigenvalue weighted by molar-refractivity contribution is 7.99. The van der Waals surface area contributed by atoms with E-state index in [0.29, 0.717) is 11.8 Å². The van der Waals surface area contributed by atoms with Crippen LogP contribution in [-0.4, -0.2) is 0 Å². The summed E-state index contributed by atoms with van der Waals surface area (Å²) < 4.78 is 3.89. The molecule has 15 aromatic rings. The first kappa shape index (κ1) is 57.4. The summed E-state index contributed by atoms with van der Waals surface area (Å²) in [5.74, 6) is 0.691. The molecule has 4 nitrogen and oxygen atoms in total. The van der Waals surface area contributed by atoms with E-state index in [4.69, 9.17) is 0 Å². The van der Waals surface area contributed by atoms with Crippen LogP contribution >= 0.6 is 46.2 Å². The first-order valence-electron chi connectivity index (χ1n) is 33.0. The standard InChI is InChI=1S/C88H60N2O2S4/c1-51(2)54-34-43-79-71(45-54)87(69-22-10-16-28-78(69)94-79)67-20-8-13-25-75(67)90(76-26-14-9-21-68(76)87)60-38-41-64-83(50-60)96-82-48-57(32-40-63(82)86(64)92)58-33-42-70-84(49-58)95-80-44-35-55(52(3)4)46-72(80)88(70)65-18-6-11-23-73(65)89(74-24-12-7-19-66(74)88)59-36-29-53(30-37-59)56-31-39-62-81(47-56)93-77-27-15-5-17-61(77)85(62)91/h5-52H,1-4H3. The third-order valence-electron chi connectivity index (χ3n) is 20.7. The molecule has 6 heterocycles. The van der Waals surface area contributed by atoms with Crippen molar-refractivity contribution in [2.45, 2.75) is 69.9 Å². The topological polar surface area (TPSA) is 40.6 Å². The number of rotatable bonds is 6. The minimum absolute atomic E-state index is 0.0446. The van der Waals surface area contributed by atoms with Crippen LogP contribution in [0.15, 0.2) is 308 Å². The van der Waals surface area contributed by atoms with Gasteiger partial charge in [-0.3, -0.25) is 9.59 Å². The SMILES string of the molecule is CC(C)c1ccc2c(c1)C1(c3ccccc3S2)c2ccccc2N(c2ccc3c(=O)c4ccc(-c5ccc6c(c5)Sc5ccc(C(C)C)cc5C65c6ccccc6N(c6ccc(-c7ccc8c(=O)c9ccccc9sc8c7)cc6)c6ccccc65)cc4sc3c2)c2ccccc21. The van der Waals surface area contributed by atoms with Crippen molar-refractivity contribution in [1.29, 1.82) is 0 Å². The molecular formula is C88H60N2O2S4. The van der Waals surface area contributed by atoms with Gasteiger partial charge in [0.1, 0.15) is 0 Å². The molecular weight excluding hydrogens is 1250 g/mol. The largest absolute Gasteiger partial charge is 0.310 e. The van der Waals surface area contributed by atoms with Gasteiger partial charge in [0.25, 0.3) is 0 Å². The van der Waals surface area contributed by atoms with Gasteiger partial charge in [-0.15, -0.1) is 22.7 Å². The van der Waals surface area contributed by atoms with E-state index >= 15 is 0 Å². The Bertz CT molecular complexity index is 5870. The van der Waals surface area contributed by atoms with E-state index < -0.39 is 10.8 Å². The molecule has 0 unspecified atom stereocenters. The molecule has 4 aliphatic rings. The molecule has 19 rings (SSSR count). The first-order chi connectivity index (χ1) is 47.0. The van der Waals surface area contributed by atoms with Crippen LogP contribution in [0.2, 0.25) is 0 Å². The Hall–Kier alpha value is -10.1. The van der Waals surface area contributed by atoms with Gasteiger partial charge < -0.3 is 9.80 Å². The maximum atomic E-state index is 14.9. The number of para-hydroxylation sites is 4. The van der Waals surface area contributed by atoms with Gasteiger partial charge in [0, 0.05) is 71.3 Å². The fourth-order valence-electron chi connectivity index (χ4n) is 16.2. The Morgan fingerprint density at radius 3 is 1.21 bits per heavy atom. The number of nitrogens with zero attached hydrogens (tertiary/aromatic N) is 2. The van der Waals surface area contributed by atoms with E-state index in [1.807, 2.05) is 53.9 Å². The molecule has 0 fully saturated rings. The van der Waals surface area contributed by atoms with Gasteiger partial charge in [-0.25, -0.2) is 0 Å². The molecule has 0 amide bonds. The molecule has 0 aliphatic carbocycles. The number of hydrogen-bond acceptors (Lipinski definition) is 8. The molecule has 8 heteroatoms. The molecule has 2 aromatic heterocycles. The molecule has 0 atom stereocenters. The van der Waals surface area contributed by atoms with E-state index in [1.54, 1.807) is 22.7 Å². The lowest BCUT2D eigenvalue weighted by atomic mass is 9.61. The van der Waals surface area contributed by atoms with Crippen LogP contribution in [0.25, 0.3) is 62.6 Å². The third-order valence-corrected chi connectivity index (χ3v) is 25.3. The summed E-state index contributed by atoms with van der Waals surface area (Å²) in [6.45, 7) is 9.16. The summed E-state index contributed by atoms with van der Waals surface area (Å²) in [6.07, 6.45) is 0. The van der Waals surface area contributed by atoms with Crippen molar-refractivity contribution >= 4 is 121 Å². The molecule has 0 N–H and O–H groups in total. The zero-order valence-electron chi connectivity index (χ0n) is 53.1. The van der Waals surface area contributed by atoms with E-state index in [1.165, 1.54) is 75.2 Å². The van der Waals surface area contributed by atoms with Gasteiger partial charge in [-0.2, -0.15) is 0 Å². The number of fused-ring (bicyclic) bond motifs is 20. The van der Waals surface area contributed by atoms with Crippen molar-refractivity contribution in [3.8, 4) is 22.3 Å². The molecule has 0 radical (unpaired) electrons. The van der Waals surface area contributed by atoms with Gasteiger partial charge >= 0.3 is 0 Å². The average molecular weight is 1310 g/mol. The highest BCUT2D eigenvalue weighted by Crippen LogP contribution is 2.65. The van der Waals surface area contributed by atoms with Crippen LogP contribution in [0.3, 0.4) is 0 Å². The van der Waals surface area contributed by atoms with Gasteiger partial charge in [-0.1, -0.05) is 215 Å². The predicted octanol–water partition coefficient (Wildman–Crippen LogP) is 24.0. The zero-order chi connectivity index (χ0) is 64.3. The maximum Gasteiger partial charge on any atom is 0.195 e. The maximum absolute atomic E-state index is 14.9. The van der Waals surface area contributed by atoms with Crippen molar-refractivity contribution < 1.29 is 0 Å². The number of hydrogen-bond donors (Lipinski definition) is 0. The monoisotopic (exact) mass is 1300 g/mol. The summed E-state index contributed by atoms with van der Waals surface area (Å²) in [6, 6.07) is 102. The average Bonchev–Trinajstić information content (AvgIpc) is 0.687. The third kappa shape index (κ3) is 8.29. The second kappa shape index (κ2) is 21.7. The minimum Gasteiger partial charge on any atom is -0.310 e. The highest BCUT2D eigenvalue weighted by atomic mass is 32.2. The van der Waals surface area contributed by atoms with Crippen molar-refractivity contribution in [2.24, 2.45) is 0 Å². The second-order valence-electron chi connectivity index (χ2n) is 26.5. The smallest absolute Gasteiger partial charge is 0.195 e. The lowest BCUT2D eigenvalue weighted by Crippen LogP contribution is -2.39. The predicted molar refractivity (Wildman–Crippen MR) is 405 cm³/mol. The number of benzene rings is 13. The minimum atomic E-state index is -0.670. The van der Waals surface area contributed by atoms with E-state index in [9.17, 15) is 9.59 Å². The normalized spacial score (nSPS) is 14.4. The molecule has 4 aliphatic heterocycles. The molecule has 13 aromatic carbocycles. The summed E-state index contributed by atoms with van der Waals surface area (Å²) in [7, 11) is 0. The van der Waals surface area contributed by atoms with Crippen LogP contribution in [0.4, 0.5) is 34.1 Å². The van der Waals surface area contributed by atoms with Crippen LogP contribution in [0.1, 0.15) is 95.2 Å². The lowest BCUT2D eigenvalue weighted by Gasteiger charge is -2.49. The van der Waals surface area contributed by atoms with Crippen molar-refractivity contribution in [2.75, 3.05) is 9.80 Å². The Morgan fingerprint density at radius 1 is 0.281 bits per heavy atom. The van der Waals surface area contributed by atoms with E-state index in [2.05, 4.69) is 286 Å². The zero-order valence-corrected chi connectivity index (χ0v) is 56.3. The summed E-state index contributed by atoms with van der Waals surface area (Å²) >= 11 is 7.10. The summed E-state index contributed by atoms with van der Waals surface area (Å²) in [5.41, 5.74) is 22.5.